The Labute approximate surface area is 278 Å². The molecule has 0 spiro atoms. The fraction of sp³-hybridized carbons (Fsp3) is 0.222. The molecule has 6 N–H and O–H groups in total. The minimum atomic E-state index is 0.0917. The van der Waals surface area contributed by atoms with Gasteiger partial charge in [0.2, 0.25) is 11.8 Å². The summed E-state index contributed by atoms with van der Waals surface area (Å²) in [5, 5.41) is 47.9. The molecule has 0 unspecified atom stereocenters. The summed E-state index contributed by atoms with van der Waals surface area (Å²) in [4.78, 5) is 0. The summed E-state index contributed by atoms with van der Waals surface area (Å²) < 4.78 is 12.1. The van der Waals surface area contributed by atoms with E-state index in [9.17, 15) is 0 Å². The summed E-state index contributed by atoms with van der Waals surface area (Å²) in [5.41, 5.74) is 9.47. The summed E-state index contributed by atoms with van der Waals surface area (Å²) in [5.74, 6) is 0.819. The van der Waals surface area contributed by atoms with Crippen LogP contribution in [0, 0.1) is 13.8 Å². The summed E-state index contributed by atoms with van der Waals surface area (Å²) in [6, 6.07) is 28.4. The highest BCUT2D eigenvalue weighted by atomic mass is 16.4. The molecule has 12 nitrogen and oxygen atoms in total. The minimum absolute atomic E-state index is 0.0917. The molecule has 0 radical (unpaired) electrons. The quantitative estimate of drug-likeness (QED) is 0.0753. The highest BCUT2D eigenvalue weighted by molar-refractivity contribution is 5.81. The van der Waals surface area contributed by atoms with Crippen molar-refractivity contribution in [2.24, 2.45) is 0 Å². The van der Waals surface area contributed by atoms with E-state index in [1.54, 1.807) is 0 Å². The third kappa shape index (κ3) is 7.76. The van der Waals surface area contributed by atoms with Crippen LogP contribution in [0.25, 0.3) is 34.0 Å². The van der Waals surface area contributed by atoms with Crippen LogP contribution >= 0.6 is 0 Å². The van der Waals surface area contributed by atoms with Gasteiger partial charge >= 0.3 is 12.0 Å². The van der Waals surface area contributed by atoms with E-state index < -0.39 is 0 Å². The van der Waals surface area contributed by atoms with Gasteiger partial charge in [-0.25, -0.2) is 0 Å². The van der Waals surface area contributed by atoms with Crippen LogP contribution in [0.3, 0.4) is 0 Å². The van der Waals surface area contributed by atoms with Crippen molar-refractivity contribution in [1.82, 2.24) is 31.0 Å². The number of hydrogen-bond donors (Lipinski definition) is 6. The SMILES string of the molecule is Cc1c(-c2nnc(Nc3cccc(CNCCO)c3)o2)cccc1-c1cccc(-c2nnc(Nc3cccc(CNCCO)c3)o2)c1C. The number of nitrogens with zero attached hydrogens (tertiary/aromatic N) is 4. The maximum absolute atomic E-state index is 9.02. The molecule has 246 valence electrons. The van der Waals surface area contributed by atoms with E-state index in [1.165, 1.54) is 0 Å². The number of hydrogen-bond acceptors (Lipinski definition) is 12. The van der Waals surface area contributed by atoms with Gasteiger partial charge in [-0.3, -0.25) is 0 Å². The molecule has 2 heterocycles. The molecule has 0 atom stereocenters. The van der Waals surface area contributed by atoms with Gasteiger partial charge in [-0.1, -0.05) is 58.7 Å². The molecule has 0 amide bonds. The molecule has 12 heteroatoms. The summed E-state index contributed by atoms with van der Waals surface area (Å²) in [6.07, 6.45) is 0. The molecular weight excluding hydrogens is 608 g/mol. The van der Waals surface area contributed by atoms with E-state index in [2.05, 4.69) is 53.8 Å². The van der Waals surface area contributed by atoms with Crippen molar-refractivity contribution in [3.8, 4) is 34.0 Å². The van der Waals surface area contributed by atoms with Crippen LogP contribution in [0.5, 0.6) is 0 Å². The normalized spacial score (nSPS) is 11.2. The lowest BCUT2D eigenvalue weighted by Crippen LogP contribution is -2.17. The number of rotatable bonds is 15. The first-order valence-electron chi connectivity index (χ1n) is 15.7. The van der Waals surface area contributed by atoms with Crippen molar-refractivity contribution in [2.45, 2.75) is 26.9 Å². The summed E-state index contributed by atoms with van der Waals surface area (Å²) in [7, 11) is 0. The molecule has 6 aromatic rings. The van der Waals surface area contributed by atoms with Gasteiger partial charge in [-0.05, 0) is 83.6 Å². The van der Waals surface area contributed by atoms with E-state index in [4.69, 9.17) is 19.0 Å². The van der Waals surface area contributed by atoms with Crippen molar-refractivity contribution < 1.29 is 19.0 Å². The van der Waals surface area contributed by atoms with Crippen LogP contribution in [-0.4, -0.2) is 56.9 Å². The molecule has 48 heavy (non-hydrogen) atoms. The third-order valence-electron chi connectivity index (χ3n) is 7.86. The number of anilines is 4. The Balaban J connectivity index is 1.19. The van der Waals surface area contributed by atoms with Gasteiger partial charge in [0.1, 0.15) is 0 Å². The van der Waals surface area contributed by atoms with Crippen LogP contribution < -0.4 is 21.3 Å². The van der Waals surface area contributed by atoms with Crippen LogP contribution in [0.2, 0.25) is 0 Å². The van der Waals surface area contributed by atoms with E-state index in [1.807, 2.05) is 86.6 Å². The smallest absolute Gasteiger partial charge is 0.320 e. The molecule has 2 aromatic heterocycles. The van der Waals surface area contributed by atoms with E-state index in [-0.39, 0.29) is 13.2 Å². The van der Waals surface area contributed by atoms with E-state index >= 15 is 0 Å². The third-order valence-corrected chi connectivity index (χ3v) is 7.86. The molecule has 0 saturated heterocycles. The first kappa shape index (κ1) is 32.5. The Hall–Kier alpha value is -5.40. The summed E-state index contributed by atoms with van der Waals surface area (Å²) in [6.45, 7) is 6.61. The highest BCUT2D eigenvalue weighted by Gasteiger charge is 2.18. The van der Waals surface area contributed by atoms with Crippen molar-refractivity contribution in [3.05, 3.63) is 107 Å². The van der Waals surface area contributed by atoms with Gasteiger partial charge in [-0.2, -0.15) is 0 Å². The van der Waals surface area contributed by atoms with Crippen LogP contribution in [-0.2, 0) is 13.1 Å². The van der Waals surface area contributed by atoms with Gasteiger partial charge in [0.25, 0.3) is 0 Å². The maximum Gasteiger partial charge on any atom is 0.320 e. The van der Waals surface area contributed by atoms with Gasteiger partial charge in [0, 0.05) is 48.7 Å². The Morgan fingerprint density at radius 3 is 1.40 bits per heavy atom. The zero-order chi connectivity index (χ0) is 33.3. The predicted octanol–water partition coefficient (Wildman–Crippen LogP) is 5.72. The standard InChI is InChI=1S/C36H38N8O4/c1-23-29(11-5-13-31(23)33-41-43-35(47-33)39-27-9-3-7-25(19-27)21-37-15-17-45)30-12-6-14-32(24(30)2)34-42-44-36(48-34)40-28-10-4-8-26(20-28)22-38-16-18-46/h3-14,19-20,37-38,45-46H,15-18,21-22H2,1-2H3,(H,39,43)(H,40,44). The molecule has 0 saturated carbocycles. The van der Waals surface area contributed by atoms with Crippen LogP contribution in [0.4, 0.5) is 23.4 Å². The second-order valence-electron chi connectivity index (χ2n) is 11.2. The minimum Gasteiger partial charge on any atom is -0.403 e. The van der Waals surface area contributed by atoms with Crippen molar-refractivity contribution in [3.63, 3.8) is 0 Å². The second kappa shape index (κ2) is 15.5. The maximum atomic E-state index is 9.02. The number of nitrogens with one attached hydrogen (secondary N) is 4. The Morgan fingerprint density at radius 2 is 0.958 bits per heavy atom. The fourth-order valence-electron chi connectivity index (χ4n) is 5.47. The lowest BCUT2D eigenvalue weighted by atomic mass is 9.91. The molecule has 4 aromatic carbocycles. The average molecular weight is 647 g/mol. The second-order valence-corrected chi connectivity index (χ2v) is 11.2. The number of aromatic nitrogens is 4. The Kier molecular flexibility index (Phi) is 10.5. The zero-order valence-electron chi connectivity index (χ0n) is 26.8. The van der Waals surface area contributed by atoms with Crippen molar-refractivity contribution in [1.29, 1.82) is 0 Å². The number of aliphatic hydroxyl groups excluding tert-OH is 2. The average Bonchev–Trinajstić information content (AvgIpc) is 3.76. The first-order valence-corrected chi connectivity index (χ1v) is 15.7. The predicted molar refractivity (Wildman–Crippen MR) is 185 cm³/mol. The molecule has 0 fully saturated rings. The van der Waals surface area contributed by atoms with E-state index in [0.717, 1.165) is 55.9 Å². The molecular formula is C36H38N8O4. The number of aliphatic hydroxyl groups is 2. The molecule has 0 aliphatic carbocycles. The van der Waals surface area contributed by atoms with Gasteiger partial charge in [0.05, 0.1) is 13.2 Å². The van der Waals surface area contributed by atoms with Crippen molar-refractivity contribution >= 4 is 23.4 Å². The molecule has 0 aliphatic heterocycles. The van der Waals surface area contributed by atoms with Crippen LogP contribution in [0.1, 0.15) is 22.3 Å². The fourth-order valence-corrected chi connectivity index (χ4v) is 5.47. The van der Waals surface area contributed by atoms with Gasteiger partial charge in [0.15, 0.2) is 0 Å². The van der Waals surface area contributed by atoms with Crippen LogP contribution in [0.15, 0.2) is 93.8 Å². The molecule has 0 bridgehead atoms. The van der Waals surface area contributed by atoms with Gasteiger partial charge in [-0.15, -0.1) is 10.2 Å². The highest BCUT2D eigenvalue weighted by Crippen LogP contribution is 2.37. The monoisotopic (exact) mass is 646 g/mol. The lowest BCUT2D eigenvalue weighted by molar-refractivity contribution is 0.291. The molecule has 0 aliphatic rings. The Morgan fingerprint density at radius 1 is 0.542 bits per heavy atom. The topological polar surface area (TPSA) is 166 Å². The Bertz CT molecular complexity index is 1830. The lowest BCUT2D eigenvalue weighted by Gasteiger charge is -2.13. The van der Waals surface area contributed by atoms with Crippen molar-refractivity contribution in [2.75, 3.05) is 36.9 Å². The largest absolute Gasteiger partial charge is 0.403 e. The zero-order valence-corrected chi connectivity index (χ0v) is 26.8. The molecule has 6 rings (SSSR count). The first-order chi connectivity index (χ1) is 23.5. The van der Waals surface area contributed by atoms with E-state index in [0.29, 0.717) is 50.0 Å². The summed E-state index contributed by atoms with van der Waals surface area (Å²) >= 11 is 0. The van der Waals surface area contributed by atoms with Gasteiger partial charge < -0.3 is 40.3 Å². The number of benzene rings is 4.